The summed E-state index contributed by atoms with van der Waals surface area (Å²) >= 11 is 6.71. The summed E-state index contributed by atoms with van der Waals surface area (Å²) in [5, 5.41) is 0. The van der Waals surface area contributed by atoms with E-state index < -0.39 is 10.0 Å². The number of sulfonamides is 1. The minimum atomic E-state index is -3.72. The van der Waals surface area contributed by atoms with Crippen molar-refractivity contribution in [2.24, 2.45) is 0 Å². The zero-order valence-corrected chi connectivity index (χ0v) is 17.7. The second-order valence-corrected chi connectivity index (χ2v) is 8.73. The van der Waals surface area contributed by atoms with E-state index in [4.69, 9.17) is 4.74 Å². The van der Waals surface area contributed by atoms with Gasteiger partial charge in [0.25, 0.3) is 10.0 Å². The number of anilines is 1. The van der Waals surface area contributed by atoms with Crippen LogP contribution in [-0.4, -0.2) is 21.0 Å². The van der Waals surface area contributed by atoms with E-state index >= 15 is 0 Å². The van der Waals surface area contributed by atoms with Gasteiger partial charge in [0.2, 0.25) is 0 Å². The van der Waals surface area contributed by atoms with Crippen molar-refractivity contribution in [3.05, 3.63) is 56.5 Å². The molecule has 134 valence electrons. The van der Waals surface area contributed by atoms with Gasteiger partial charge < -0.3 is 4.74 Å². The number of aryl methyl sites for hydroxylation is 1. The van der Waals surface area contributed by atoms with E-state index in [0.29, 0.717) is 26.8 Å². The fraction of sp³-hybridized carbons (Fsp3) is 0.235. The lowest BCUT2D eigenvalue weighted by Crippen LogP contribution is -2.14. The summed E-state index contributed by atoms with van der Waals surface area (Å²) in [6.07, 6.45) is 0.107. The molecule has 2 aromatic rings. The Hall–Kier alpha value is -1.38. The van der Waals surface area contributed by atoms with E-state index in [1.807, 2.05) is 6.92 Å². The van der Waals surface area contributed by atoms with Gasteiger partial charge in [-0.05, 0) is 75.5 Å². The first-order valence-corrected chi connectivity index (χ1v) is 10.5. The molecule has 8 heteroatoms. The zero-order valence-electron chi connectivity index (χ0n) is 13.7. The highest BCUT2D eigenvalue weighted by Gasteiger charge is 2.18. The van der Waals surface area contributed by atoms with Gasteiger partial charge in [0.05, 0.1) is 23.6 Å². The molecule has 0 amide bonds. The third kappa shape index (κ3) is 5.29. The number of rotatable bonds is 6. The molecule has 0 bridgehead atoms. The summed E-state index contributed by atoms with van der Waals surface area (Å²) in [6, 6.07) is 9.95. The van der Waals surface area contributed by atoms with Gasteiger partial charge in [-0.25, -0.2) is 8.42 Å². The van der Waals surface area contributed by atoms with Crippen molar-refractivity contribution in [1.29, 1.82) is 0 Å². The molecule has 2 aromatic carbocycles. The molecule has 0 aliphatic carbocycles. The van der Waals surface area contributed by atoms with Crippen LogP contribution in [0.1, 0.15) is 18.1 Å². The predicted molar refractivity (Wildman–Crippen MR) is 104 cm³/mol. The Kier molecular flexibility index (Phi) is 6.65. The van der Waals surface area contributed by atoms with E-state index in [1.54, 1.807) is 43.3 Å². The third-order valence-electron chi connectivity index (χ3n) is 3.32. The summed E-state index contributed by atoms with van der Waals surface area (Å²) in [5.74, 6) is -0.339. The van der Waals surface area contributed by atoms with Crippen molar-refractivity contribution in [3.8, 4) is 0 Å². The van der Waals surface area contributed by atoms with Crippen molar-refractivity contribution in [3.63, 3.8) is 0 Å². The van der Waals surface area contributed by atoms with E-state index in [2.05, 4.69) is 36.6 Å². The Morgan fingerprint density at radius 2 is 1.68 bits per heavy atom. The molecule has 0 aliphatic heterocycles. The summed E-state index contributed by atoms with van der Waals surface area (Å²) in [6.45, 7) is 3.95. The average molecular weight is 491 g/mol. The number of halogens is 2. The second-order valence-electron chi connectivity index (χ2n) is 5.33. The molecule has 0 saturated heterocycles. The number of hydrogen-bond donors (Lipinski definition) is 1. The number of carbonyl (C=O) groups excluding carboxylic acids is 1. The monoisotopic (exact) mass is 489 g/mol. The number of nitrogens with one attached hydrogen (secondary N) is 1. The SMILES string of the molecule is CCOC(=O)Cc1cc(Br)c(NS(=O)(=O)c2ccc(C)cc2)c(Br)c1. The lowest BCUT2D eigenvalue weighted by molar-refractivity contribution is -0.142. The maximum Gasteiger partial charge on any atom is 0.310 e. The fourth-order valence-corrected chi connectivity index (χ4v) is 4.96. The molecule has 0 unspecified atom stereocenters. The average Bonchev–Trinajstić information content (AvgIpc) is 2.51. The second kappa shape index (κ2) is 8.33. The Bertz CT molecular complexity index is 857. The van der Waals surface area contributed by atoms with Crippen LogP contribution in [0.3, 0.4) is 0 Å². The Morgan fingerprint density at radius 3 is 2.20 bits per heavy atom. The van der Waals surface area contributed by atoms with Gasteiger partial charge in [0.1, 0.15) is 0 Å². The minimum Gasteiger partial charge on any atom is -0.466 e. The Labute approximate surface area is 164 Å². The standard InChI is InChI=1S/C17H17Br2NO4S/c1-3-24-16(21)10-12-8-14(18)17(15(19)9-12)20-25(22,23)13-6-4-11(2)5-7-13/h4-9,20H,3,10H2,1-2H3. The molecule has 0 saturated carbocycles. The van der Waals surface area contributed by atoms with E-state index in [9.17, 15) is 13.2 Å². The number of ether oxygens (including phenoxy) is 1. The lowest BCUT2D eigenvalue weighted by atomic mass is 10.1. The molecule has 5 nitrogen and oxygen atoms in total. The molecule has 0 aliphatic rings. The smallest absolute Gasteiger partial charge is 0.310 e. The maximum absolute atomic E-state index is 12.5. The summed E-state index contributed by atoms with van der Waals surface area (Å²) < 4.78 is 33.6. The zero-order chi connectivity index (χ0) is 18.6. The largest absolute Gasteiger partial charge is 0.466 e. The van der Waals surface area contributed by atoms with Crippen LogP contribution in [-0.2, 0) is 26.0 Å². The normalized spacial score (nSPS) is 11.2. The number of benzene rings is 2. The fourth-order valence-electron chi connectivity index (χ4n) is 2.11. The van der Waals surface area contributed by atoms with Crippen molar-refractivity contribution >= 4 is 53.5 Å². The van der Waals surface area contributed by atoms with Crippen LogP contribution < -0.4 is 4.72 Å². The highest BCUT2D eigenvalue weighted by atomic mass is 79.9. The molecule has 25 heavy (non-hydrogen) atoms. The lowest BCUT2D eigenvalue weighted by Gasteiger charge is -2.13. The van der Waals surface area contributed by atoms with Crippen LogP contribution in [0.4, 0.5) is 5.69 Å². The molecule has 0 fully saturated rings. The molecule has 0 atom stereocenters. The first kappa shape index (κ1) is 19.9. The minimum absolute atomic E-state index is 0.107. The van der Waals surface area contributed by atoms with Gasteiger partial charge in [0, 0.05) is 8.95 Å². The van der Waals surface area contributed by atoms with Crippen molar-refractivity contribution < 1.29 is 17.9 Å². The molecular weight excluding hydrogens is 474 g/mol. The van der Waals surface area contributed by atoms with Crippen LogP contribution >= 0.6 is 31.9 Å². The van der Waals surface area contributed by atoms with Gasteiger partial charge in [-0.15, -0.1) is 0 Å². The van der Waals surface area contributed by atoms with Gasteiger partial charge in [-0.2, -0.15) is 0 Å². The quantitative estimate of drug-likeness (QED) is 0.608. The van der Waals surface area contributed by atoms with Crippen molar-refractivity contribution in [1.82, 2.24) is 0 Å². The number of hydrogen-bond acceptors (Lipinski definition) is 4. The van der Waals surface area contributed by atoms with Crippen LogP contribution in [0.15, 0.2) is 50.2 Å². The topological polar surface area (TPSA) is 72.5 Å². The molecule has 2 rings (SSSR count). The maximum atomic E-state index is 12.5. The van der Waals surface area contributed by atoms with Crippen LogP contribution in [0.2, 0.25) is 0 Å². The Balaban J connectivity index is 2.28. The van der Waals surface area contributed by atoms with Gasteiger partial charge in [-0.1, -0.05) is 17.7 Å². The van der Waals surface area contributed by atoms with Gasteiger partial charge in [0.15, 0.2) is 0 Å². The molecule has 0 radical (unpaired) electrons. The summed E-state index contributed by atoms with van der Waals surface area (Å²) in [5.41, 5.74) is 2.05. The molecule has 0 heterocycles. The molecule has 1 N–H and O–H groups in total. The third-order valence-corrected chi connectivity index (χ3v) is 5.94. The first-order valence-electron chi connectivity index (χ1n) is 7.46. The van der Waals surface area contributed by atoms with E-state index in [-0.39, 0.29) is 17.3 Å². The highest BCUT2D eigenvalue weighted by molar-refractivity contribution is 9.11. The predicted octanol–water partition coefficient (Wildman–Crippen LogP) is 4.43. The number of carbonyl (C=O) groups is 1. The molecule has 0 spiro atoms. The van der Waals surface area contributed by atoms with Crippen molar-refractivity contribution in [2.75, 3.05) is 11.3 Å². The molecular formula is C17H17Br2NO4S. The van der Waals surface area contributed by atoms with Gasteiger partial charge in [-0.3, -0.25) is 9.52 Å². The number of esters is 1. The summed E-state index contributed by atoms with van der Waals surface area (Å²) in [4.78, 5) is 11.8. The van der Waals surface area contributed by atoms with Crippen molar-refractivity contribution in [2.45, 2.75) is 25.2 Å². The van der Waals surface area contributed by atoms with Gasteiger partial charge >= 0.3 is 5.97 Å². The van der Waals surface area contributed by atoms with Crippen LogP contribution in [0.25, 0.3) is 0 Å². The van der Waals surface area contributed by atoms with E-state index in [0.717, 1.165) is 5.56 Å². The Morgan fingerprint density at radius 1 is 1.12 bits per heavy atom. The highest BCUT2D eigenvalue weighted by Crippen LogP contribution is 2.34. The molecule has 0 aromatic heterocycles. The first-order chi connectivity index (χ1) is 11.7. The van der Waals surface area contributed by atoms with Crippen LogP contribution in [0, 0.1) is 6.92 Å². The summed E-state index contributed by atoms with van der Waals surface area (Å²) in [7, 11) is -3.72. The van der Waals surface area contributed by atoms with Crippen LogP contribution in [0.5, 0.6) is 0 Å². The van der Waals surface area contributed by atoms with E-state index in [1.165, 1.54) is 0 Å².